The van der Waals surface area contributed by atoms with Gasteiger partial charge in [0, 0.05) is 18.1 Å². The van der Waals surface area contributed by atoms with Crippen LogP contribution in [0, 0.1) is 0 Å². The molecule has 0 aromatic rings. The molecule has 1 amide bonds. The maximum atomic E-state index is 10.9. The number of amides is 1. The zero-order valence-electron chi connectivity index (χ0n) is 10.5. The van der Waals surface area contributed by atoms with E-state index in [1.54, 1.807) is 29.9 Å². The summed E-state index contributed by atoms with van der Waals surface area (Å²) in [7, 11) is 0. The van der Waals surface area contributed by atoms with E-state index in [0.29, 0.717) is 25.0 Å². The van der Waals surface area contributed by atoms with Crippen LogP contribution in [0.15, 0.2) is 23.9 Å². The molecule has 0 aliphatic rings. The Kier molecular flexibility index (Phi) is 7.30. The molecule has 100 valence electrons. The highest BCUT2D eigenvalue weighted by Crippen LogP contribution is 1.98. The van der Waals surface area contributed by atoms with Crippen LogP contribution in [-0.4, -0.2) is 40.9 Å². The number of nitrogens with zero attached hydrogens (tertiary/aromatic N) is 1. The Morgan fingerprint density at radius 1 is 1.50 bits per heavy atom. The topological polar surface area (TPSA) is 109 Å². The zero-order chi connectivity index (χ0) is 14.1. The van der Waals surface area contributed by atoms with Crippen LogP contribution >= 0.6 is 0 Å². The van der Waals surface area contributed by atoms with Gasteiger partial charge in [-0.05, 0) is 13.3 Å². The van der Waals surface area contributed by atoms with E-state index in [4.69, 9.17) is 16.6 Å². The quantitative estimate of drug-likeness (QED) is 0.242. The molecule has 0 aromatic heterocycles. The van der Waals surface area contributed by atoms with E-state index in [2.05, 4.69) is 6.72 Å². The van der Waals surface area contributed by atoms with Crippen molar-refractivity contribution in [2.45, 2.75) is 25.8 Å². The Morgan fingerprint density at radius 3 is 2.56 bits per heavy atom. The third kappa shape index (κ3) is 6.59. The van der Waals surface area contributed by atoms with E-state index in [1.807, 2.05) is 0 Å². The number of rotatable bonds is 8. The monoisotopic (exact) mass is 254 g/mol. The Hall–Kier alpha value is -1.95. The fraction of sp³-hybridized carbons (Fsp3) is 0.417. The Morgan fingerprint density at radius 2 is 2.11 bits per heavy atom. The van der Waals surface area contributed by atoms with Gasteiger partial charge in [0.15, 0.2) is 6.20 Å². The molecule has 0 saturated heterocycles. The van der Waals surface area contributed by atoms with Crippen molar-refractivity contribution in [3.05, 3.63) is 23.9 Å². The van der Waals surface area contributed by atoms with Gasteiger partial charge in [0.2, 0.25) is 5.91 Å². The number of carboxylic acids is 1. The number of carbonyl (C=O) groups is 2. The molecule has 5 N–H and O–H groups in total. The van der Waals surface area contributed by atoms with Crippen molar-refractivity contribution in [2.24, 2.45) is 11.5 Å². The second-order valence-electron chi connectivity index (χ2n) is 3.82. The van der Waals surface area contributed by atoms with E-state index in [1.165, 1.54) is 0 Å². The molecular weight excluding hydrogens is 234 g/mol. The van der Waals surface area contributed by atoms with E-state index < -0.39 is 17.9 Å². The standard InChI is InChI=1S/C12H19N3O3/c1-3-9(11(14)16)6-8-15(2)7-4-5-10(13)12(17)18/h3,6,8,10H,2,4-5,7,13H2,1H3,(H2-,14,16,17,18)/p+1/b8-6-,9-3+. The van der Waals surface area contributed by atoms with Crippen molar-refractivity contribution >= 4 is 18.6 Å². The third-order valence-electron chi connectivity index (χ3n) is 2.34. The molecule has 0 fully saturated rings. The van der Waals surface area contributed by atoms with Crippen molar-refractivity contribution < 1.29 is 19.3 Å². The predicted molar refractivity (Wildman–Crippen MR) is 69.2 cm³/mol. The second kappa shape index (κ2) is 8.19. The Labute approximate surface area is 106 Å². The molecular formula is C12H20N3O3+. The van der Waals surface area contributed by atoms with E-state index in [-0.39, 0.29) is 0 Å². The van der Waals surface area contributed by atoms with Gasteiger partial charge >= 0.3 is 5.97 Å². The fourth-order valence-corrected chi connectivity index (χ4v) is 1.22. The summed E-state index contributed by atoms with van der Waals surface area (Å²) >= 11 is 0. The summed E-state index contributed by atoms with van der Waals surface area (Å²) in [5, 5.41) is 8.59. The molecule has 6 nitrogen and oxygen atoms in total. The minimum absolute atomic E-state index is 0.376. The van der Waals surface area contributed by atoms with Gasteiger partial charge in [0.25, 0.3) is 0 Å². The van der Waals surface area contributed by atoms with E-state index in [0.717, 1.165) is 0 Å². The molecule has 0 aromatic carbocycles. The molecule has 1 atom stereocenters. The van der Waals surface area contributed by atoms with Gasteiger partial charge in [-0.1, -0.05) is 6.08 Å². The molecule has 0 radical (unpaired) electrons. The lowest BCUT2D eigenvalue weighted by molar-refractivity contribution is -0.448. The lowest BCUT2D eigenvalue weighted by atomic mass is 10.2. The second-order valence-corrected chi connectivity index (χ2v) is 3.82. The number of hydrogen-bond acceptors (Lipinski definition) is 3. The van der Waals surface area contributed by atoms with Crippen LogP contribution in [0.1, 0.15) is 19.8 Å². The Balaban J connectivity index is 4.09. The van der Waals surface area contributed by atoms with E-state index >= 15 is 0 Å². The summed E-state index contributed by atoms with van der Waals surface area (Å²) in [4.78, 5) is 21.4. The third-order valence-corrected chi connectivity index (χ3v) is 2.34. The van der Waals surface area contributed by atoms with Crippen LogP contribution in [-0.2, 0) is 9.59 Å². The smallest absolute Gasteiger partial charge is 0.320 e. The first-order valence-electron chi connectivity index (χ1n) is 5.58. The maximum absolute atomic E-state index is 10.9. The highest BCUT2D eigenvalue weighted by atomic mass is 16.4. The van der Waals surface area contributed by atoms with Crippen LogP contribution in [0.5, 0.6) is 0 Å². The molecule has 0 rings (SSSR count). The minimum Gasteiger partial charge on any atom is -0.480 e. The van der Waals surface area contributed by atoms with Gasteiger partial charge in [-0.25, -0.2) is 4.58 Å². The lowest BCUT2D eigenvalue weighted by Crippen LogP contribution is -2.30. The first-order chi connectivity index (χ1) is 8.38. The number of carbonyl (C=O) groups excluding carboxylic acids is 1. The van der Waals surface area contributed by atoms with Crippen molar-refractivity contribution in [1.29, 1.82) is 0 Å². The SMILES string of the molecule is C=[N+](/C=C\C(=C/C)C(N)=O)CCCC(N)C(=O)O. The van der Waals surface area contributed by atoms with Crippen molar-refractivity contribution in [2.75, 3.05) is 6.54 Å². The summed E-state index contributed by atoms with van der Waals surface area (Å²) in [5.74, 6) is -1.51. The van der Waals surface area contributed by atoms with Gasteiger partial charge in [-0.3, -0.25) is 9.59 Å². The number of allylic oxidation sites excluding steroid dienone is 1. The normalized spacial score (nSPS) is 13.6. The molecule has 0 aliphatic carbocycles. The summed E-state index contributed by atoms with van der Waals surface area (Å²) < 4.78 is 1.60. The number of carboxylic acid groups (broad SMARTS) is 1. The molecule has 0 saturated carbocycles. The summed E-state index contributed by atoms with van der Waals surface area (Å²) in [6, 6.07) is -0.848. The Bertz CT molecular complexity index is 386. The van der Waals surface area contributed by atoms with Crippen molar-refractivity contribution in [1.82, 2.24) is 0 Å². The largest absolute Gasteiger partial charge is 0.480 e. The van der Waals surface area contributed by atoms with Gasteiger partial charge in [-0.15, -0.1) is 0 Å². The average Bonchev–Trinajstić information content (AvgIpc) is 2.29. The summed E-state index contributed by atoms with van der Waals surface area (Å²) in [6.45, 7) is 5.99. The van der Waals surface area contributed by atoms with E-state index in [9.17, 15) is 9.59 Å². The summed E-state index contributed by atoms with van der Waals surface area (Å²) in [5.41, 5.74) is 10.9. The van der Waals surface area contributed by atoms with Gasteiger partial charge in [0.05, 0.1) is 0 Å². The first kappa shape index (κ1) is 16.1. The molecule has 1 unspecified atom stereocenters. The van der Waals surface area contributed by atoms with Gasteiger partial charge < -0.3 is 16.6 Å². The zero-order valence-corrected chi connectivity index (χ0v) is 10.5. The predicted octanol–water partition coefficient (Wildman–Crippen LogP) is -0.163. The molecule has 0 bridgehead atoms. The number of hydrogen-bond donors (Lipinski definition) is 3. The minimum atomic E-state index is -1.01. The van der Waals surface area contributed by atoms with Gasteiger partial charge in [0.1, 0.15) is 19.3 Å². The number of nitrogens with two attached hydrogens (primary N) is 2. The average molecular weight is 254 g/mol. The van der Waals surface area contributed by atoms with Crippen LogP contribution in [0.4, 0.5) is 0 Å². The number of primary amides is 1. The first-order valence-corrected chi connectivity index (χ1v) is 5.58. The highest BCUT2D eigenvalue weighted by Gasteiger charge is 2.11. The molecule has 18 heavy (non-hydrogen) atoms. The summed E-state index contributed by atoms with van der Waals surface area (Å²) in [6.07, 6.45) is 5.76. The highest BCUT2D eigenvalue weighted by molar-refractivity contribution is 5.94. The van der Waals surface area contributed by atoms with Crippen LogP contribution in [0.2, 0.25) is 0 Å². The van der Waals surface area contributed by atoms with Gasteiger partial charge in [-0.2, -0.15) is 0 Å². The molecule has 0 heterocycles. The molecule has 0 spiro atoms. The lowest BCUT2D eigenvalue weighted by Gasteiger charge is -2.03. The fourth-order valence-electron chi connectivity index (χ4n) is 1.22. The maximum Gasteiger partial charge on any atom is 0.320 e. The van der Waals surface area contributed by atoms with Crippen molar-refractivity contribution in [3.63, 3.8) is 0 Å². The van der Waals surface area contributed by atoms with Crippen molar-refractivity contribution in [3.8, 4) is 0 Å². The molecule has 0 aliphatic heterocycles. The van der Waals surface area contributed by atoms with Crippen LogP contribution in [0.25, 0.3) is 0 Å². The molecule has 6 heteroatoms. The number of aliphatic carboxylic acids is 1. The van der Waals surface area contributed by atoms with Crippen LogP contribution < -0.4 is 11.5 Å². The van der Waals surface area contributed by atoms with Crippen LogP contribution in [0.3, 0.4) is 0 Å².